The maximum atomic E-state index is 12.3. The van der Waals surface area contributed by atoms with E-state index in [1.807, 2.05) is 62.4 Å². The number of nitrogens with zero attached hydrogens (tertiary/aromatic N) is 1. The fraction of sp³-hybridized carbons (Fsp3) is 0.318. The van der Waals surface area contributed by atoms with Crippen molar-refractivity contribution in [1.82, 2.24) is 0 Å². The van der Waals surface area contributed by atoms with Crippen molar-refractivity contribution in [3.63, 3.8) is 0 Å². The first-order valence-corrected chi connectivity index (χ1v) is 9.39. The molecule has 2 amide bonds. The summed E-state index contributed by atoms with van der Waals surface area (Å²) in [5.74, 6) is -1.60. The Hall–Kier alpha value is -3.15. The number of esters is 1. The molecule has 6 nitrogen and oxygen atoms in total. The fourth-order valence-electron chi connectivity index (χ4n) is 3.23. The summed E-state index contributed by atoms with van der Waals surface area (Å²) < 4.78 is 5.16. The lowest BCUT2D eigenvalue weighted by atomic mass is 10.1. The Bertz CT molecular complexity index is 876. The lowest BCUT2D eigenvalue weighted by molar-refractivity contribution is -0.151. The number of para-hydroxylation sites is 1. The minimum atomic E-state index is -0.565. The normalized spacial score (nSPS) is 16.1. The molecule has 1 saturated heterocycles. The van der Waals surface area contributed by atoms with Crippen LogP contribution in [-0.2, 0) is 25.5 Å². The first-order chi connectivity index (χ1) is 13.5. The molecule has 1 aliphatic rings. The topological polar surface area (TPSA) is 75.7 Å². The van der Waals surface area contributed by atoms with E-state index in [1.165, 1.54) is 0 Å². The van der Waals surface area contributed by atoms with Crippen molar-refractivity contribution in [2.45, 2.75) is 26.7 Å². The van der Waals surface area contributed by atoms with Gasteiger partial charge in [-0.1, -0.05) is 42.8 Å². The van der Waals surface area contributed by atoms with E-state index in [-0.39, 0.29) is 25.5 Å². The smallest absolute Gasteiger partial charge is 0.311 e. The van der Waals surface area contributed by atoms with Gasteiger partial charge in [-0.3, -0.25) is 14.4 Å². The second-order valence-electron chi connectivity index (χ2n) is 6.91. The van der Waals surface area contributed by atoms with E-state index >= 15 is 0 Å². The molecule has 0 aliphatic carbocycles. The van der Waals surface area contributed by atoms with Gasteiger partial charge >= 0.3 is 5.97 Å². The van der Waals surface area contributed by atoms with Crippen LogP contribution in [-0.4, -0.2) is 30.9 Å². The predicted octanol–water partition coefficient (Wildman–Crippen LogP) is 3.09. The summed E-state index contributed by atoms with van der Waals surface area (Å²) in [6, 6.07) is 15.1. The molecule has 1 N–H and O–H groups in total. The zero-order valence-electron chi connectivity index (χ0n) is 16.1. The molecule has 1 heterocycles. The summed E-state index contributed by atoms with van der Waals surface area (Å²) in [7, 11) is 0. The minimum Gasteiger partial charge on any atom is -0.455 e. The number of amides is 2. The van der Waals surface area contributed by atoms with Crippen LogP contribution < -0.4 is 10.2 Å². The molecule has 0 radical (unpaired) electrons. The molecule has 0 unspecified atom stereocenters. The van der Waals surface area contributed by atoms with Gasteiger partial charge in [-0.05, 0) is 37.1 Å². The van der Waals surface area contributed by atoms with E-state index in [2.05, 4.69) is 5.32 Å². The van der Waals surface area contributed by atoms with Gasteiger partial charge in [0.1, 0.15) is 0 Å². The van der Waals surface area contributed by atoms with Crippen molar-refractivity contribution in [3.8, 4) is 0 Å². The van der Waals surface area contributed by atoms with E-state index in [0.29, 0.717) is 5.69 Å². The monoisotopic (exact) mass is 380 g/mol. The summed E-state index contributed by atoms with van der Waals surface area (Å²) in [5.41, 5.74) is 3.59. The van der Waals surface area contributed by atoms with Gasteiger partial charge in [0.2, 0.25) is 5.91 Å². The molecule has 0 bridgehead atoms. The van der Waals surface area contributed by atoms with E-state index in [0.717, 1.165) is 23.2 Å². The molecule has 3 rings (SSSR count). The highest BCUT2D eigenvalue weighted by Crippen LogP contribution is 2.26. The number of carbonyl (C=O) groups excluding carboxylic acids is 3. The van der Waals surface area contributed by atoms with Crippen LogP contribution in [0.3, 0.4) is 0 Å². The molecule has 1 fully saturated rings. The SMILES string of the molecule is CCc1ccccc1NC(=O)COC(=O)[C@H]1CC(=O)N(c2ccc(C)cc2)C1. The number of anilines is 2. The van der Waals surface area contributed by atoms with Gasteiger partial charge in [0, 0.05) is 24.3 Å². The van der Waals surface area contributed by atoms with Crippen LogP contribution in [0.2, 0.25) is 0 Å². The van der Waals surface area contributed by atoms with Crippen molar-refractivity contribution in [2.24, 2.45) is 5.92 Å². The van der Waals surface area contributed by atoms with Crippen LogP contribution in [0, 0.1) is 12.8 Å². The lowest BCUT2D eigenvalue weighted by Gasteiger charge is -2.16. The molecular formula is C22H24N2O4. The Morgan fingerprint density at radius 3 is 2.57 bits per heavy atom. The van der Waals surface area contributed by atoms with Gasteiger partial charge in [0.15, 0.2) is 6.61 Å². The van der Waals surface area contributed by atoms with Crippen LogP contribution in [0.15, 0.2) is 48.5 Å². The highest BCUT2D eigenvalue weighted by molar-refractivity contribution is 6.00. The lowest BCUT2D eigenvalue weighted by Crippen LogP contribution is -2.28. The highest BCUT2D eigenvalue weighted by atomic mass is 16.5. The molecule has 146 valence electrons. The maximum Gasteiger partial charge on any atom is 0.311 e. The first kappa shape index (κ1) is 19.6. The van der Waals surface area contributed by atoms with E-state index < -0.39 is 17.8 Å². The number of hydrogen-bond acceptors (Lipinski definition) is 4. The average Bonchev–Trinajstić information content (AvgIpc) is 3.09. The zero-order valence-corrected chi connectivity index (χ0v) is 16.1. The summed E-state index contributed by atoms with van der Waals surface area (Å²) >= 11 is 0. The largest absolute Gasteiger partial charge is 0.455 e. The highest BCUT2D eigenvalue weighted by Gasteiger charge is 2.36. The Labute approximate surface area is 164 Å². The number of benzene rings is 2. The van der Waals surface area contributed by atoms with Crippen LogP contribution in [0.25, 0.3) is 0 Å². The van der Waals surface area contributed by atoms with Crippen molar-refractivity contribution in [1.29, 1.82) is 0 Å². The molecule has 0 saturated carbocycles. The number of rotatable bonds is 6. The van der Waals surface area contributed by atoms with Gasteiger partial charge in [-0.15, -0.1) is 0 Å². The number of ether oxygens (including phenoxy) is 1. The van der Waals surface area contributed by atoms with Crippen LogP contribution >= 0.6 is 0 Å². The molecule has 2 aromatic rings. The summed E-state index contributed by atoms with van der Waals surface area (Å²) in [4.78, 5) is 38.3. The van der Waals surface area contributed by atoms with Gasteiger partial charge in [-0.2, -0.15) is 0 Å². The van der Waals surface area contributed by atoms with Crippen LogP contribution in [0.4, 0.5) is 11.4 Å². The number of carbonyl (C=O) groups is 3. The molecule has 28 heavy (non-hydrogen) atoms. The van der Waals surface area contributed by atoms with Crippen LogP contribution in [0.5, 0.6) is 0 Å². The number of hydrogen-bond donors (Lipinski definition) is 1. The standard InChI is InChI=1S/C22H24N2O4/c1-3-16-6-4-5-7-19(16)23-20(25)14-28-22(27)17-12-21(26)24(13-17)18-10-8-15(2)9-11-18/h4-11,17H,3,12-14H2,1-2H3,(H,23,25)/t17-/m0/s1. The molecule has 2 aromatic carbocycles. The summed E-state index contributed by atoms with van der Waals surface area (Å²) in [6.07, 6.45) is 0.877. The van der Waals surface area contributed by atoms with Gasteiger partial charge in [-0.25, -0.2) is 0 Å². The Morgan fingerprint density at radius 1 is 1.14 bits per heavy atom. The third-order valence-electron chi connectivity index (χ3n) is 4.82. The molecular weight excluding hydrogens is 356 g/mol. The minimum absolute atomic E-state index is 0.0903. The average molecular weight is 380 g/mol. The zero-order chi connectivity index (χ0) is 20.1. The quantitative estimate of drug-likeness (QED) is 0.782. The van der Waals surface area contributed by atoms with Gasteiger partial charge in [0.25, 0.3) is 5.91 Å². The molecule has 0 spiro atoms. The summed E-state index contributed by atoms with van der Waals surface area (Å²) in [5, 5.41) is 2.76. The number of nitrogens with one attached hydrogen (secondary N) is 1. The molecule has 6 heteroatoms. The van der Waals surface area contributed by atoms with Crippen molar-refractivity contribution < 1.29 is 19.1 Å². The van der Waals surface area contributed by atoms with Crippen molar-refractivity contribution in [3.05, 3.63) is 59.7 Å². The third kappa shape index (κ3) is 4.57. The van der Waals surface area contributed by atoms with E-state index in [4.69, 9.17) is 4.74 Å². The number of aryl methyl sites for hydroxylation is 2. The van der Waals surface area contributed by atoms with E-state index in [1.54, 1.807) is 4.90 Å². The van der Waals surface area contributed by atoms with Gasteiger partial charge < -0.3 is 15.0 Å². The Morgan fingerprint density at radius 2 is 1.86 bits per heavy atom. The van der Waals surface area contributed by atoms with E-state index in [9.17, 15) is 14.4 Å². The van der Waals surface area contributed by atoms with Crippen LogP contribution in [0.1, 0.15) is 24.5 Å². The molecule has 1 atom stereocenters. The molecule has 1 aliphatic heterocycles. The maximum absolute atomic E-state index is 12.3. The Kier molecular flexibility index (Phi) is 6.09. The molecule has 0 aromatic heterocycles. The van der Waals surface area contributed by atoms with Crippen molar-refractivity contribution in [2.75, 3.05) is 23.4 Å². The summed E-state index contributed by atoms with van der Waals surface area (Å²) in [6.45, 7) is 3.87. The second-order valence-corrected chi connectivity index (χ2v) is 6.91. The Balaban J connectivity index is 1.53. The first-order valence-electron chi connectivity index (χ1n) is 9.39. The van der Waals surface area contributed by atoms with Gasteiger partial charge in [0.05, 0.1) is 5.92 Å². The van der Waals surface area contributed by atoms with Crippen molar-refractivity contribution >= 4 is 29.2 Å². The predicted molar refractivity (Wildman–Crippen MR) is 107 cm³/mol. The second kappa shape index (κ2) is 8.69. The third-order valence-corrected chi connectivity index (χ3v) is 4.82. The fourth-order valence-corrected chi connectivity index (χ4v) is 3.23.